The van der Waals surface area contributed by atoms with E-state index in [0.717, 1.165) is 19.3 Å². The van der Waals surface area contributed by atoms with Gasteiger partial charge in [0.1, 0.15) is 0 Å². The van der Waals surface area contributed by atoms with Crippen LogP contribution in [0.2, 0.25) is 0 Å². The molecule has 2 heterocycles. The summed E-state index contributed by atoms with van der Waals surface area (Å²) in [5, 5.41) is 9.22. The van der Waals surface area contributed by atoms with Gasteiger partial charge >= 0.3 is 5.97 Å². The van der Waals surface area contributed by atoms with Gasteiger partial charge in [-0.15, -0.1) is 11.3 Å². The molecule has 1 unspecified atom stereocenters. The van der Waals surface area contributed by atoms with Crippen molar-refractivity contribution in [2.24, 2.45) is 0 Å². The number of hydrogen-bond acceptors (Lipinski definition) is 4. The zero-order valence-corrected chi connectivity index (χ0v) is 13.2. The summed E-state index contributed by atoms with van der Waals surface area (Å²) in [6.45, 7) is 4.98. The zero-order chi connectivity index (χ0) is 15.4. The fourth-order valence-electron chi connectivity index (χ4n) is 2.50. The highest BCUT2D eigenvalue weighted by Crippen LogP contribution is 2.26. The second kappa shape index (κ2) is 7.04. The Bertz CT molecular complexity index is 526. The summed E-state index contributed by atoms with van der Waals surface area (Å²) >= 11 is 1.50. The lowest BCUT2D eigenvalue weighted by molar-refractivity contribution is -0.147. The topological polar surface area (TPSA) is 66.8 Å². The van der Waals surface area contributed by atoms with Crippen molar-refractivity contribution in [2.45, 2.75) is 39.2 Å². The minimum Gasteiger partial charge on any atom is -0.480 e. The molecule has 1 fully saturated rings. The Labute approximate surface area is 128 Å². The number of thiophene rings is 1. The molecular formula is C15H21NO4S. The molecule has 2 rings (SSSR count). The van der Waals surface area contributed by atoms with Gasteiger partial charge < -0.3 is 14.7 Å². The number of aliphatic carboxylic acids is 1. The van der Waals surface area contributed by atoms with Crippen LogP contribution in [0, 0.1) is 0 Å². The molecule has 6 heteroatoms. The monoisotopic (exact) mass is 311 g/mol. The first-order valence-electron chi connectivity index (χ1n) is 7.31. The van der Waals surface area contributed by atoms with Gasteiger partial charge in [-0.05, 0) is 24.5 Å². The molecule has 1 aromatic heterocycles. The molecule has 5 nitrogen and oxygen atoms in total. The summed E-state index contributed by atoms with van der Waals surface area (Å²) in [6, 6.07) is 1.04. The minimum atomic E-state index is -1.01. The normalized spacial score (nSPS) is 18.8. The second-order valence-electron chi connectivity index (χ2n) is 5.09. The van der Waals surface area contributed by atoms with Gasteiger partial charge in [-0.2, -0.15) is 0 Å². The average molecular weight is 311 g/mol. The van der Waals surface area contributed by atoms with Crippen molar-refractivity contribution in [1.29, 1.82) is 0 Å². The van der Waals surface area contributed by atoms with Gasteiger partial charge in [0, 0.05) is 11.4 Å². The van der Waals surface area contributed by atoms with E-state index in [9.17, 15) is 14.7 Å². The molecule has 0 radical (unpaired) electrons. The Balaban J connectivity index is 2.23. The minimum absolute atomic E-state index is 0.0644. The fourth-order valence-corrected chi connectivity index (χ4v) is 3.81. The van der Waals surface area contributed by atoms with E-state index < -0.39 is 12.0 Å². The van der Waals surface area contributed by atoms with Gasteiger partial charge in [0.05, 0.1) is 18.1 Å². The SMILES string of the molecule is CCCc1sc(C(=O)N2CCOCC2C(=O)O)cc1CC. The Morgan fingerprint density at radius 2 is 2.24 bits per heavy atom. The second-order valence-corrected chi connectivity index (χ2v) is 6.23. The van der Waals surface area contributed by atoms with E-state index in [4.69, 9.17) is 4.74 Å². The Hall–Kier alpha value is -1.40. The standard InChI is InChI=1S/C15H21NO4S/c1-3-5-12-10(4-2)8-13(21-12)14(17)16-6-7-20-9-11(16)15(18)19/h8,11H,3-7,9H2,1-2H3,(H,18,19). The molecule has 116 valence electrons. The third kappa shape index (κ3) is 3.44. The molecule has 0 aromatic carbocycles. The van der Waals surface area contributed by atoms with E-state index in [1.807, 2.05) is 6.07 Å². The van der Waals surface area contributed by atoms with Crippen LogP contribution in [0.1, 0.15) is 40.4 Å². The smallest absolute Gasteiger partial charge is 0.328 e. The van der Waals surface area contributed by atoms with Crippen molar-refractivity contribution in [3.63, 3.8) is 0 Å². The predicted octanol–water partition coefficient (Wildman–Crippen LogP) is 2.19. The van der Waals surface area contributed by atoms with Crippen molar-refractivity contribution in [3.8, 4) is 0 Å². The number of ether oxygens (including phenoxy) is 1. The lowest BCUT2D eigenvalue weighted by Crippen LogP contribution is -2.52. The molecule has 0 aliphatic carbocycles. The fraction of sp³-hybridized carbons (Fsp3) is 0.600. The van der Waals surface area contributed by atoms with Crippen LogP contribution < -0.4 is 0 Å². The largest absolute Gasteiger partial charge is 0.480 e. The first-order chi connectivity index (χ1) is 10.1. The average Bonchev–Trinajstić information content (AvgIpc) is 2.90. The van der Waals surface area contributed by atoms with Crippen LogP contribution in [0.4, 0.5) is 0 Å². The van der Waals surface area contributed by atoms with E-state index >= 15 is 0 Å². The van der Waals surface area contributed by atoms with Crippen LogP contribution in [0.5, 0.6) is 0 Å². The Kier molecular flexibility index (Phi) is 5.36. The third-order valence-electron chi connectivity index (χ3n) is 3.64. The number of aryl methyl sites for hydroxylation is 2. The maximum absolute atomic E-state index is 12.6. The molecule has 0 spiro atoms. The number of amides is 1. The highest BCUT2D eigenvalue weighted by atomic mass is 32.1. The van der Waals surface area contributed by atoms with Crippen molar-refractivity contribution in [3.05, 3.63) is 21.4 Å². The molecule has 1 atom stereocenters. The van der Waals surface area contributed by atoms with Crippen molar-refractivity contribution >= 4 is 23.2 Å². The predicted molar refractivity (Wildman–Crippen MR) is 81.0 cm³/mol. The molecule has 1 saturated heterocycles. The molecule has 1 aromatic rings. The lowest BCUT2D eigenvalue weighted by Gasteiger charge is -2.32. The number of morpholine rings is 1. The van der Waals surface area contributed by atoms with Gasteiger partial charge in [0.15, 0.2) is 6.04 Å². The number of carboxylic acids is 1. The molecule has 1 amide bonds. The van der Waals surface area contributed by atoms with E-state index in [0.29, 0.717) is 18.0 Å². The number of nitrogens with zero attached hydrogens (tertiary/aromatic N) is 1. The summed E-state index contributed by atoms with van der Waals surface area (Å²) in [5.74, 6) is -1.20. The maximum atomic E-state index is 12.6. The quantitative estimate of drug-likeness (QED) is 0.905. The van der Waals surface area contributed by atoms with Gasteiger partial charge in [0.25, 0.3) is 5.91 Å². The molecular weight excluding hydrogens is 290 g/mol. The van der Waals surface area contributed by atoms with Gasteiger partial charge in [-0.25, -0.2) is 4.79 Å². The zero-order valence-electron chi connectivity index (χ0n) is 12.4. The van der Waals surface area contributed by atoms with Crippen LogP contribution in [-0.4, -0.2) is 47.7 Å². The molecule has 1 aliphatic rings. The first-order valence-corrected chi connectivity index (χ1v) is 8.13. The number of rotatable bonds is 5. The van der Waals surface area contributed by atoms with Crippen molar-refractivity contribution < 1.29 is 19.4 Å². The number of carbonyl (C=O) groups excluding carboxylic acids is 1. The van der Waals surface area contributed by atoms with E-state index in [1.54, 1.807) is 0 Å². The highest BCUT2D eigenvalue weighted by Gasteiger charge is 2.34. The third-order valence-corrected chi connectivity index (χ3v) is 4.86. The van der Waals surface area contributed by atoms with Crippen LogP contribution in [0.25, 0.3) is 0 Å². The first kappa shape index (κ1) is 16.0. The summed E-state index contributed by atoms with van der Waals surface area (Å²) in [7, 11) is 0. The van der Waals surface area contributed by atoms with Crippen LogP contribution in [0.3, 0.4) is 0 Å². The van der Waals surface area contributed by atoms with Crippen LogP contribution >= 0.6 is 11.3 Å². The van der Waals surface area contributed by atoms with Crippen molar-refractivity contribution in [1.82, 2.24) is 4.90 Å². The molecule has 21 heavy (non-hydrogen) atoms. The molecule has 0 saturated carbocycles. The van der Waals surface area contributed by atoms with Crippen LogP contribution in [0.15, 0.2) is 6.07 Å². The summed E-state index contributed by atoms with van der Waals surface area (Å²) in [4.78, 5) is 27.2. The maximum Gasteiger partial charge on any atom is 0.328 e. The van der Waals surface area contributed by atoms with Crippen LogP contribution in [-0.2, 0) is 22.4 Å². The molecule has 1 aliphatic heterocycles. The number of hydrogen-bond donors (Lipinski definition) is 1. The van der Waals surface area contributed by atoms with E-state index in [1.165, 1.54) is 26.7 Å². The lowest BCUT2D eigenvalue weighted by atomic mass is 10.1. The number of carboxylic acid groups (broad SMARTS) is 1. The molecule has 0 bridgehead atoms. The van der Waals surface area contributed by atoms with Gasteiger partial charge in [0.2, 0.25) is 0 Å². The Morgan fingerprint density at radius 3 is 2.86 bits per heavy atom. The van der Waals surface area contributed by atoms with Crippen molar-refractivity contribution in [2.75, 3.05) is 19.8 Å². The summed E-state index contributed by atoms with van der Waals surface area (Å²) in [6.07, 6.45) is 2.90. The van der Waals surface area contributed by atoms with E-state index in [2.05, 4.69) is 13.8 Å². The van der Waals surface area contributed by atoms with E-state index in [-0.39, 0.29) is 12.5 Å². The highest BCUT2D eigenvalue weighted by molar-refractivity contribution is 7.14. The van der Waals surface area contributed by atoms with Gasteiger partial charge in [-0.1, -0.05) is 20.3 Å². The summed E-state index contributed by atoms with van der Waals surface area (Å²) < 4.78 is 5.18. The van der Waals surface area contributed by atoms with Gasteiger partial charge in [-0.3, -0.25) is 4.79 Å². The number of carbonyl (C=O) groups is 2. The molecule has 1 N–H and O–H groups in total. The Morgan fingerprint density at radius 1 is 1.48 bits per heavy atom. The summed E-state index contributed by atoms with van der Waals surface area (Å²) in [5.41, 5.74) is 1.20.